The van der Waals surface area contributed by atoms with E-state index in [2.05, 4.69) is 11.6 Å². The number of carbonyl (C=O) groups excluding carboxylic acids is 1. The monoisotopic (exact) mass is 451 g/mol. The number of amides is 1. The molecule has 1 unspecified atom stereocenters. The van der Waals surface area contributed by atoms with Gasteiger partial charge in [-0.25, -0.2) is 4.98 Å². The normalized spacial score (nSPS) is 14.8. The van der Waals surface area contributed by atoms with E-state index >= 15 is 0 Å². The Bertz CT molecular complexity index is 1190. The minimum Gasteiger partial charge on any atom is -0.486 e. The highest BCUT2D eigenvalue weighted by Crippen LogP contribution is 2.31. The molecular weight excluding hydrogens is 426 g/mol. The number of rotatable bonds is 8. The summed E-state index contributed by atoms with van der Waals surface area (Å²) in [7, 11) is 0. The highest BCUT2D eigenvalue weighted by Gasteiger charge is 2.25. The number of thioether (sulfide) groups is 1. The van der Waals surface area contributed by atoms with E-state index in [9.17, 15) is 9.59 Å². The molecule has 166 valence electrons. The zero-order chi connectivity index (χ0) is 22.5. The first-order chi connectivity index (χ1) is 15.6. The predicted molar refractivity (Wildman–Crippen MR) is 126 cm³/mol. The number of benzene rings is 2. The molecule has 2 aromatic carbocycles. The van der Waals surface area contributed by atoms with Crippen molar-refractivity contribution in [2.24, 2.45) is 0 Å². The lowest BCUT2D eigenvalue weighted by atomic mass is 10.2. The standard InChI is InChI=1S/C24H25N3O4S/c1-3-13-27-23(29)18-9-5-6-10-19(18)25-24(27)32-16-22(28)26(4-2)14-17-15-30-20-11-7-8-12-21(20)31-17/h3,5-12,17H,1,4,13-16H2,2H3. The largest absolute Gasteiger partial charge is 0.486 e. The zero-order valence-electron chi connectivity index (χ0n) is 17.9. The van der Waals surface area contributed by atoms with Crippen LogP contribution in [0.1, 0.15) is 6.92 Å². The fourth-order valence-corrected chi connectivity index (χ4v) is 4.48. The third-order valence-electron chi connectivity index (χ3n) is 5.19. The molecule has 0 aliphatic carbocycles. The van der Waals surface area contributed by atoms with Crippen molar-refractivity contribution in [1.82, 2.24) is 14.5 Å². The first-order valence-corrected chi connectivity index (χ1v) is 11.5. The van der Waals surface area contributed by atoms with Gasteiger partial charge in [-0.1, -0.05) is 42.1 Å². The number of allylic oxidation sites excluding steroid dienone is 1. The summed E-state index contributed by atoms with van der Waals surface area (Å²) in [5, 5.41) is 1.05. The fraction of sp³-hybridized carbons (Fsp3) is 0.292. The van der Waals surface area contributed by atoms with Crippen LogP contribution in [0.5, 0.6) is 11.5 Å². The lowest BCUT2D eigenvalue weighted by molar-refractivity contribution is -0.129. The van der Waals surface area contributed by atoms with Crippen LogP contribution < -0.4 is 15.0 Å². The number of nitrogens with zero attached hydrogens (tertiary/aromatic N) is 3. The highest BCUT2D eigenvalue weighted by molar-refractivity contribution is 7.99. The molecule has 1 aromatic heterocycles. The number of hydrogen-bond donors (Lipinski definition) is 0. The van der Waals surface area contributed by atoms with Crippen LogP contribution in [-0.4, -0.2) is 51.9 Å². The van der Waals surface area contributed by atoms with E-state index in [1.807, 2.05) is 43.3 Å². The molecule has 0 radical (unpaired) electrons. The van der Waals surface area contributed by atoms with Crippen LogP contribution in [0.3, 0.4) is 0 Å². The van der Waals surface area contributed by atoms with E-state index in [0.717, 1.165) is 5.75 Å². The van der Waals surface area contributed by atoms with Gasteiger partial charge in [0.25, 0.3) is 5.56 Å². The van der Waals surface area contributed by atoms with Crippen LogP contribution in [-0.2, 0) is 11.3 Å². The molecule has 8 heteroatoms. The van der Waals surface area contributed by atoms with Crippen molar-refractivity contribution in [2.75, 3.05) is 25.4 Å². The number of hydrogen-bond acceptors (Lipinski definition) is 6. The van der Waals surface area contributed by atoms with Gasteiger partial charge in [-0.2, -0.15) is 0 Å². The third-order valence-corrected chi connectivity index (χ3v) is 6.15. The molecule has 1 amide bonds. The Morgan fingerprint density at radius 2 is 2.00 bits per heavy atom. The SMILES string of the molecule is C=CCn1c(SCC(=O)N(CC)CC2COc3ccccc3O2)nc2ccccc2c1=O. The van der Waals surface area contributed by atoms with E-state index in [1.165, 1.54) is 11.8 Å². The molecule has 0 saturated carbocycles. The first-order valence-electron chi connectivity index (χ1n) is 10.5. The van der Waals surface area contributed by atoms with E-state index in [0.29, 0.717) is 48.1 Å². The molecular formula is C24H25N3O4S. The van der Waals surface area contributed by atoms with Gasteiger partial charge in [-0.05, 0) is 31.2 Å². The fourth-order valence-electron chi connectivity index (χ4n) is 3.57. The van der Waals surface area contributed by atoms with Crippen LogP contribution >= 0.6 is 11.8 Å². The molecule has 7 nitrogen and oxygen atoms in total. The number of carbonyl (C=O) groups is 1. The van der Waals surface area contributed by atoms with Gasteiger partial charge in [0.05, 0.1) is 23.2 Å². The summed E-state index contributed by atoms with van der Waals surface area (Å²) in [4.78, 5) is 32.2. The van der Waals surface area contributed by atoms with E-state index < -0.39 is 0 Å². The highest BCUT2D eigenvalue weighted by atomic mass is 32.2. The second kappa shape index (κ2) is 9.91. The van der Waals surface area contributed by atoms with E-state index in [-0.39, 0.29) is 23.3 Å². The minimum atomic E-state index is -0.239. The minimum absolute atomic E-state index is 0.0486. The Kier molecular flexibility index (Phi) is 6.80. The molecule has 0 fully saturated rings. The molecule has 0 saturated heterocycles. The van der Waals surface area contributed by atoms with Gasteiger partial charge in [-0.15, -0.1) is 6.58 Å². The van der Waals surface area contributed by atoms with Crippen LogP contribution in [0, 0.1) is 0 Å². The molecule has 0 N–H and O–H groups in total. The second-order valence-corrected chi connectivity index (χ2v) is 8.28. The Hall–Kier alpha value is -3.26. The number of ether oxygens (including phenoxy) is 2. The molecule has 2 heterocycles. The van der Waals surface area contributed by atoms with E-state index in [4.69, 9.17) is 9.47 Å². The zero-order valence-corrected chi connectivity index (χ0v) is 18.7. The molecule has 3 aromatic rings. The van der Waals surface area contributed by atoms with Crippen LogP contribution in [0.25, 0.3) is 10.9 Å². The molecule has 1 aliphatic rings. The number of aromatic nitrogens is 2. The number of likely N-dealkylation sites (N-methyl/N-ethyl adjacent to an activating group) is 1. The van der Waals surface area contributed by atoms with Gasteiger partial charge in [0.1, 0.15) is 6.61 Å². The van der Waals surface area contributed by atoms with Gasteiger partial charge < -0.3 is 14.4 Å². The molecule has 1 aliphatic heterocycles. The summed E-state index contributed by atoms with van der Waals surface area (Å²) in [6.07, 6.45) is 1.41. The lowest BCUT2D eigenvalue weighted by Crippen LogP contribution is -2.44. The van der Waals surface area contributed by atoms with Crippen LogP contribution in [0.2, 0.25) is 0 Å². The van der Waals surface area contributed by atoms with Crippen LogP contribution in [0.15, 0.2) is 71.1 Å². The average Bonchev–Trinajstić information content (AvgIpc) is 2.83. The summed E-state index contributed by atoms with van der Waals surface area (Å²) < 4.78 is 13.3. The van der Waals surface area contributed by atoms with Gasteiger partial charge in [-0.3, -0.25) is 14.2 Å². The summed E-state index contributed by atoms with van der Waals surface area (Å²) in [6.45, 7) is 7.36. The average molecular weight is 452 g/mol. The van der Waals surface area contributed by atoms with Crippen LogP contribution in [0.4, 0.5) is 0 Å². The maximum absolute atomic E-state index is 13.0. The Labute approximate surface area is 190 Å². The van der Waals surface area contributed by atoms with Crippen molar-refractivity contribution in [1.29, 1.82) is 0 Å². The van der Waals surface area contributed by atoms with Crippen molar-refractivity contribution >= 4 is 28.6 Å². The van der Waals surface area contributed by atoms with Crippen molar-refractivity contribution in [3.8, 4) is 11.5 Å². The summed E-state index contributed by atoms with van der Waals surface area (Å²) in [5.41, 5.74) is 0.482. The Balaban J connectivity index is 1.45. The Morgan fingerprint density at radius 1 is 1.25 bits per heavy atom. The summed E-state index contributed by atoms with van der Waals surface area (Å²) in [5.74, 6) is 1.53. The smallest absolute Gasteiger partial charge is 0.262 e. The first kappa shape index (κ1) is 22.0. The summed E-state index contributed by atoms with van der Waals surface area (Å²) in [6, 6.07) is 14.7. The van der Waals surface area contributed by atoms with Crippen molar-refractivity contribution in [3.63, 3.8) is 0 Å². The van der Waals surface area contributed by atoms with Crippen molar-refractivity contribution in [2.45, 2.75) is 24.7 Å². The third kappa shape index (κ3) is 4.65. The maximum atomic E-state index is 13.0. The van der Waals surface area contributed by atoms with Crippen molar-refractivity contribution in [3.05, 3.63) is 71.5 Å². The maximum Gasteiger partial charge on any atom is 0.262 e. The number of para-hydroxylation sites is 3. The molecule has 0 bridgehead atoms. The number of fused-ring (bicyclic) bond motifs is 2. The van der Waals surface area contributed by atoms with Gasteiger partial charge >= 0.3 is 0 Å². The van der Waals surface area contributed by atoms with Gasteiger partial charge in [0, 0.05) is 13.1 Å². The van der Waals surface area contributed by atoms with Crippen molar-refractivity contribution < 1.29 is 14.3 Å². The second-order valence-electron chi connectivity index (χ2n) is 7.33. The topological polar surface area (TPSA) is 73.7 Å². The predicted octanol–water partition coefficient (Wildman–Crippen LogP) is 3.36. The molecule has 0 spiro atoms. The summed E-state index contributed by atoms with van der Waals surface area (Å²) >= 11 is 1.26. The van der Waals surface area contributed by atoms with Gasteiger partial charge in [0.15, 0.2) is 22.8 Å². The Morgan fingerprint density at radius 3 is 2.78 bits per heavy atom. The van der Waals surface area contributed by atoms with Gasteiger partial charge in [0.2, 0.25) is 5.91 Å². The lowest BCUT2D eigenvalue weighted by Gasteiger charge is -2.30. The van der Waals surface area contributed by atoms with E-state index in [1.54, 1.807) is 27.7 Å². The molecule has 32 heavy (non-hydrogen) atoms. The molecule has 1 atom stereocenters. The quantitative estimate of drug-likeness (QED) is 0.297. The molecule has 4 rings (SSSR count).